The molecule has 8 heteroatoms. The maximum absolute atomic E-state index is 12.8. The first-order chi connectivity index (χ1) is 15.5. The number of hydrogen-bond acceptors (Lipinski definition) is 6. The summed E-state index contributed by atoms with van der Waals surface area (Å²) >= 11 is 0. The number of piperidine rings is 2. The molecule has 32 heavy (non-hydrogen) atoms. The van der Waals surface area contributed by atoms with E-state index < -0.39 is 0 Å². The van der Waals surface area contributed by atoms with Crippen LogP contribution in [0.2, 0.25) is 0 Å². The van der Waals surface area contributed by atoms with Crippen molar-refractivity contribution in [3.63, 3.8) is 0 Å². The third kappa shape index (κ3) is 4.80. The van der Waals surface area contributed by atoms with Crippen LogP contribution < -0.4 is 10.5 Å². The Morgan fingerprint density at radius 2 is 1.91 bits per heavy atom. The van der Waals surface area contributed by atoms with Gasteiger partial charge in [0.15, 0.2) is 0 Å². The number of fused-ring (bicyclic) bond motifs is 1. The topological polar surface area (TPSA) is 85.4 Å². The number of H-pyrrole nitrogens is 1. The summed E-state index contributed by atoms with van der Waals surface area (Å²) in [5.41, 5.74) is 1.53. The number of carbonyl (C=O) groups excluding carboxylic acids is 1. The lowest BCUT2D eigenvalue weighted by molar-refractivity contribution is -0.135. The standard InChI is InChI=1S/C24H36N6O2/c1-4-29(5-2)24-25-15-19-21(27-24)14-20(26-23(19)32)18-9-12-28(13-10-18)16-22(31)30-11-7-6-8-17(30)3/h14-15,17-18H,4-13,16H2,1-3H3,(H,26,32). The van der Waals surface area contributed by atoms with Gasteiger partial charge in [0.05, 0.1) is 17.4 Å². The van der Waals surface area contributed by atoms with Gasteiger partial charge in [-0.15, -0.1) is 0 Å². The quantitative estimate of drug-likeness (QED) is 0.743. The number of nitrogens with zero attached hydrogens (tertiary/aromatic N) is 5. The van der Waals surface area contributed by atoms with Gasteiger partial charge in [0.25, 0.3) is 5.56 Å². The van der Waals surface area contributed by atoms with Crippen LogP contribution in [0.3, 0.4) is 0 Å². The van der Waals surface area contributed by atoms with E-state index in [1.54, 1.807) is 6.20 Å². The maximum atomic E-state index is 12.8. The number of rotatable bonds is 6. The van der Waals surface area contributed by atoms with Crippen LogP contribution in [0.1, 0.15) is 64.5 Å². The Hall–Kier alpha value is -2.48. The number of amides is 1. The molecule has 0 spiro atoms. The van der Waals surface area contributed by atoms with Crippen molar-refractivity contribution in [3.05, 3.63) is 28.3 Å². The molecule has 1 unspecified atom stereocenters. The Balaban J connectivity index is 1.43. The number of aromatic amines is 1. The fourth-order valence-corrected chi connectivity index (χ4v) is 5.08. The molecule has 174 valence electrons. The smallest absolute Gasteiger partial charge is 0.259 e. The van der Waals surface area contributed by atoms with Crippen molar-refractivity contribution in [1.29, 1.82) is 0 Å². The average molecular weight is 441 g/mol. The summed E-state index contributed by atoms with van der Waals surface area (Å²) < 4.78 is 0. The van der Waals surface area contributed by atoms with E-state index in [2.05, 4.69) is 50.4 Å². The Morgan fingerprint density at radius 1 is 1.16 bits per heavy atom. The second kappa shape index (κ2) is 9.98. The third-order valence-corrected chi connectivity index (χ3v) is 7.16. The van der Waals surface area contributed by atoms with Crippen LogP contribution in [0.4, 0.5) is 5.95 Å². The number of carbonyl (C=O) groups is 1. The van der Waals surface area contributed by atoms with Gasteiger partial charge in [-0.25, -0.2) is 9.97 Å². The fourth-order valence-electron chi connectivity index (χ4n) is 5.08. The third-order valence-electron chi connectivity index (χ3n) is 7.16. The highest BCUT2D eigenvalue weighted by Crippen LogP contribution is 2.28. The molecule has 2 aliphatic rings. The van der Waals surface area contributed by atoms with Crippen LogP contribution in [0.25, 0.3) is 10.9 Å². The fraction of sp³-hybridized carbons (Fsp3) is 0.667. The van der Waals surface area contributed by atoms with Crippen LogP contribution in [-0.2, 0) is 4.79 Å². The molecule has 2 fully saturated rings. The lowest BCUT2D eigenvalue weighted by Gasteiger charge is -2.37. The highest BCUT2D eigenvalue weighted by Gasteiger charge is 2.27. The van der Waals surface area contributed by atoms with Crippen LogP contribution in [0.5, 0.6) is 0 Å². The van der Waals surface area contributed by atoms with Gasteiger partial charge >= 0.3 is 0 Å². The van der Waals surface area contributed by atoms with Crippen LogP contribution >= 0.6 is 0 Å². The summed E-state index contributed by atoms with van der Waals surface area (Å²) in [6.45, 7) is 11.1. The molecule has 0 aromatic carbocycles. The van der Waals surface area contributed by atoms with E-state index in [1.165, 1.54) is 6.42 Å². The van der Waals surface area contributed by atoms with Crippen molar-refractivity contribution in [2.75, 3.05) is 44.2 Å². The minimum absolute atomic E-state index is 0.125. The molecule has 0 aliphatic carbocycles. The van der Waals surface area contributed by atoms with Gasteiger partial charge in [0, 0.05) is 43.5 Å². The van der Waals surface area contributed by atoms with Gasteiger partial charge in [0.1, 0.15) is 0 Å². The lowest BCUT2D eigenvalue weighted by atomic mass is 9.92. The summed E-state index contributed by atoms with van der Waals surface area (Å²) in [4.78, 5) is 44.0. The summed E-state index contributed by atoms with van der Waals surface area (Å²) in [7, 11) is 0. The second-order valence-electron chi connectivity index (χ2n) is 9.18. The highest BCUT2D eigenvalue weighted by atomic mass is 16.2. The van der Waals surface area contributed by atoms with Gasteiger partial charge in [-0.1, -0.05) is 0 Å². The van der Waals surface area contributed by atoms with Gasteiger partial charge in [-0.2, -0.15) is 0 Å². The van der Waals surface area contributed by atoms with Crippen molar-refractivity contribution in [2.45, 2.75) is 64.8 Å². The number of nitrogens with one attached hydrogen (secondary N) is 1. The lowest BCUT2D eigenvalue weighted by Crippen LogP contribution is -2.48. The van der Waals surface area contributed by atoms with E-state index in [0.29, 0.717) is 29.4 Å². The van der Waals surface area contributed by atoms with Crippen molar-refractivity contribution < 1.29 is 4.79 Å². The summed E-state index contributed by atoms with van der Waals surface area (Å²) in [5.74, 6) is 1.20. The van der Waals surface area contributed by atoms with Crippen molar-refractivity contribution in [1.82, 2.24) is 24.8 Å². The number of pyridine rings is 1. The molecule has 1 atom stereocenters. The van der Waals surface area contributed by atoms with Gasteiger partial charge in [-0.05, 0) is 72.0 Å². The zero-order valence-corrected chi connectivity index (χ0v) is 19.6. The Morgan fingerprint density at radius 3 is 2.59 bits per heavy atom. The van der Waals surface area contributed by atoms with Crippen molar-refractivity contribution in [3.8, 4) is 0 Å². The minimum atomic E-state index is -0.125. The Labute approximate surface area is 190 Å². The maximum Gasteiger partial charge on any atom is 0.259 e. The van der Waals surface area contributed by atoms with Crippen molar-refractivity contribution >= 4 is 22.8 Å². The molecule has 8 nitrogen and oxygen atoms in total. The van der Waals surface area contributed by atoms with E-state index in [-0.39, 0.29) is 17.4 Å². The molecule has 2 aromatic rings. The normalized spacial score (nSPS) is 20.6. The molecule has 4 rings (SSSR count). The largest absolute Gasteiger partial charge is 0.341 e. The van der Waals surface area contributed by atoms with E-state index >= 15 is 0 Å². The summed E-state index contributed by atoms with van der Waals surface area (Å²) in [6, 6.07) is 2.38. The first kappa shape index (κ1) is 22.7. The summed E-state index contributed by atoms with van der Waals surface area (Å²) in [5, 5.41) is 0.531. The first-order valence-corrected chi connectivity index (χ1v) is 12.2. The molecular formula is C24H36N6O2. The predicted octanol–water partition coefficient (Wildman–Crippen LogP) is 2.74. The van der Waals surface area contributed by atoms with E-state index in [9.17, 15) is 9.59 Å². The average Bonchev–Trinajstić information content (AvgIpc) is 2.80. The first-order valence-electron chi connectivity index (χ1n) is 12.2. The van der Waals surface area contributed by atoms with Crippen LogP contribution in [0, 0.1) is 0 Å². The molecular weight excluding hydrogens is 404 g/mol. The van der Waals surface area contributed by atoms with Crippen molar-refractivity contribution in [2.24, 2.45) is 0 Å². The van der Waals surface area contributed by atoms with E-state index in [1.807, 2.05) is 6.07 Å². The van der Waals surface area contributed by atoms with Crippen LogP contribution in [0.15, 0.2) is 17.1 Å². The molecule has 0 saturated carbocycles. The Kier molecular flexibility index (Phi) is 7.08. The Bertz CT molecular complexity index is 994. The van der Waals surface area contributed by atoms with Gasteiger partial charge in [-0.3, -0.25) is 14.5 Å². The summed E-state index contributed by atoms with van der Waals surface area (Å²) in [6.07, 6.45) is 6.95. The van der Waals surface area contributed by atoms with E-state index in [4.69, 9.17) is 0 Å². The predicted molar refractivity (Wildman–Crippen MR) is 127 cm³/mol. The molecule has 1 amide bonds. The highest BCUT2D eigenvalue weighted by molar-refractivity contribution is 5.79. The molecule has 4 heterocycles. The molecule has 2 saturated heterocycles. The zero-order chi connectivity index (χ0) is 22.7. The molecule has 2 aromatic heterocycles. The van der Waals surface area contributed by atoms with Crippen LogP contribution in [-0.4, -0.2) is 76.0 Å². The SMILES string of the molecule is CCN(CC)c1ncc2c(=O)[nH]c(C3CCN(CC(=O)N4CCCCC4C)CC3)cc2n1. The number of aromatic nitrogens is 3. The van der Waals surface area contributed by atoms with E-state index in [0.717, 1.165) is 64.1 Å². The zero-order valence-electron chi connectivity index (χ0n) is 19.6. The number of likely N-dealkylation sites (tertiary alicyclic amines) is 2. The molecule has 2 aliphatic heterocycles. The number of anilines is 1. The monoisotopic (exact) mass is 440 g/mol. The molecule has 0 radical (unpaired) electrons. The molecule has 1 N–H and O–H groups in total. The number of hydrogen-bond donors (Lipinski definition) is 1. The minimum Gasteiger partial charge on any atom is -0.341 e. The van der Waals surface area contributed by atoms with Gasteiger partial charge < -0.3 is 14.8 Å². The van der Waals surface area contributed by atoms with Gasteiger partial charge in [0.2, 0.25) is 11.9 Å². The molecule has 0 bridgehead atoms. The second-order valence-corrected chi connectivity index (χ2v) is 9.18.